The van der Waals surface area contributed by atoms with Gasteiger partial charge in [0, 0.05) is 36.9 Å². The number of aromatic amines is 1. The summed E-state index contributed by atoms with van der Waals surface area (Å²) in [6, 6.07) is 30.8. The number of hydrogen-bond acceptors (Lipinski definition) is 5. The van der Waals surface area contributed by atoms with E-state index in [1.165, 1.54) is 5.56 Å². The summed E-state index contributed by atoms with van der Waals surface area (Å²) in [5.74, 6) is 1.44. The third-order valence-electron chi connectivity index (χ3n) is 7.79. The van der Waals surface area contributed by atoms with Crippen molar-refractivity contribution in [2.24, 2.45) is 7.05 Å². The Balaban J connectivity index is 0.00000384. The highest BCUT2D eigenvalue weighted by Gasteiger charge is 2.23. The molecule has 0 bridgehead atoms. The molecule has 0 amide bonds. The SMILES string of the molecule is CCOC(=O)c1[nH]c2c(-c3c(C)nn(C)c3NCc3ccccc3)cccc2c1CCCOc1cccc2ccccc12.[HH]. The monoisotopic (exact) mass is 574 g/mol. The summed E-state index contributed by atoms with van der Waals surface area (Å²) in [6.45, 7) is 5.34. The van der Waals surface area contributed by atoms with E-state index >= 15 is 0 Å². The number of rotatable bonds is 11. The number of benzene rings is 4. The predicted octanol–water partition coefficient (Wildman–Crippen LogP) is 8.08. The van der Waals surface area contributed by atoms with Gasteiger partial charge in [0.15, 0.2) is 0 Å². The van der Waals surface area contributed by atoms with Gasteiger partial charge in [-0.15, -0.1) is 0 Å². The molecule has 0 fully saturated rings. The number of aryl methyl sites for hydroxylation is 3. The maximum Gasteiger partial charge on any atom is 0.355 e. The number of para-hydroxylation sites is 1. The summed E-state index contributed by atoms with van der Waals surface area (Å²) < 4.78 is 13.6. The first-order chi connectivity index (χ1) is 21.0. The molecule has 0 atom stereocenters. The van der Waals surface area contributed by atoms with E-state index in [4.69, 9.17) is 14.6 Å². The summed E-state index contributed by atoms with van der Waals surface area (Å²) in [4.78, 5) is 16.6. The second-order valence-corrected chi connectivity index (χ2v) is 10.6. The molecule has 0 unspecified atom stereocenters. The van der Waals surface area contributed by atoms with E-state index in [-0.39, 0.29) is 7.40 Å². The fourth-order valence-corrected chi connectivity index (χ4v) is 5.84. The molecule has 0 aliphatic carbocycles. The highest BCUT2D eigenvalue weighted by molar-refractivity contribution is 6.05. The first-order valence-electron chi connectivity index (χ1n) is 14.8. The molecule has 7 heteroatoms. The van der Waals surface area contributed by atoms with E-state index < -0.39 is 0 Å². The summed E-state index contributed by atoms with van der Waals surface area (Å²) in [7, 11) is 1.95. The summed E-state index contributed by atoms with van der Waals surface area (Å²) in [5.41, 5.74) is 6.42. The van der Waals surface area contributed by atoms with Crippen molar-refractivity contribution in [3.8, 4) is 16.9 Å². The lowest BCUT2D eigenvalue weighted by molar-refractivity contribution is 0.0519. The molecule has 0 spiro atoms. The first-order valence-corrected chi connectivity index (χ1v) is 14.8. The van der Waals surface area contributed by atoms with E-state index in [0.29, 0.717) is 31.9 Å². The topological polar surface area (TPSA) is 81.2 Å². The van der Waals surface area contributed by atoms with Gasteiger partial charge in [-0.1, -0.05) is 84.9 Å². The standard InChI is InChI=1S/C36H36N4O3.H2/c1-4-42-36(41)34-29(20-12-22-43-31-21-10-16-26-15-8-9-17-27(26)31)28-18-11-19-30(33(28)38-34)32-24(2)39-40(3)35(32)37-23-25-13-6-5-7-14-25;/h5-11,13-19,21,37-38H,4,12,20,22-23H2,1-3H3;1H. The van der Waals surface area contributed by atoms with Crippen LogP contribution in [0.15, 0.2) is 91.0 Å². The minimum Gasteiger partial charge on any atom is -0.493 e. The highest BCUT2D eigenvalue weighted by Crippen LogP contribution is 2.38. The van der Waals surface area contributed by atoms with Crippen LogP contribution in [-0.4, -0.2) is 33.9 Å². The van der Waals surface area contributed by atoms with Crippen LogP contribution in [0.5, 0.6) is 5.75 Å². The largest absolute Gasteiger partial charge is 0.493 e. The van der Waals surface area contributed by atoms with Gasteiger partial charge < -0.3 is 19.8 Å². The molecule has 4 aromatic carbocycles. The molecule has 0 aliphatic heterocycles. The number of H-pyrrole nitrogens is 1. The lowest BCUT2D eigenvalue weighted by Gasteiger charge is -2.11. The van der Waals surface area contributed by atoms with E-state index in [1.807, 2.05) is 74.1 Å². The molecule has 2 aromatic heterocycles. The lowest BCUT2D eigenvalue weighted by atomic mass is 9.99. The zero-order valence-corrected chi connectivity index (χ0v) is 24.8. The average Bonchev–Trinajstić information content (AvgIpc) is 3.54. The zero-order chi connectivity index (χ0) is 29.8. The van der Waals surface area contributed by atoms with Crippen LogP contribution in [0.25, 0.3) is 32.8 Å². The molecule has 2 heterocycles. The Kier molecular flexibility index (Phi) is 8.13. The zero-order valence-electron chi connectivity index (χ0n) is 24.8. The number of fused-ring (bicyclic) bond motifs is 2. The maximum atomic E-state index is 13.2. The van der Waals surface area contributed by atoms with Gasteiger partial charge in [0.2, 0.25) is 0 Å². The van der Waals surface area contributed by atoms with Crippen LogP contribution >= 0.6 is 0 Å². The van der Waals surface area contributed by atoms with Crippen LogP contribution in [0.1, 0.15) is 42.1 Å². The molecule has 2 N–H and O–H groups in total. The summed E-state index contributed by atoms with van der Waals surface area (Å²) in [6.07, 6.45) is 1.40. The Morgan fingerprint density at radius 2 is 1.70 bits per heavy atom. The quantitative estimate of drug-likeness (QED) is 0.121. The first kappa shape index (κ1) is 28.1. The van der Waals surface area contributed by atoms with Crippen molar-refractivity contribution in [1.82, 2.24) is 14.8 Å². The molecule has 7 nitrogen and oxygen atoms in total. The number of aromatic nitrogens is 3. The molecular formula is C36H38N4O3. The van der Waals surface area contributed by atoms with Gasteiger partial charge in [-0.05, 0) is 49.3 Å². The maximum absolute atomic E-state index is 13.2. The van der Waals surface area contributed by atoms with Gasteiger partial charge in [-0.2, -0.15) is 5.10 Å². The molecule has 0 aliphatic rings. The van der Waals surface area contributed by atoms with Crippen LogP contribution < -0.4 is 10.1 Å². The van der Waals surface area contributed by atoms with Crippen molar-refractivity contribution in [3.63, 3.8) is 0 Å². The van der Waals surface area contributed by atoms with Crippen molar-refractivity contribution < 1.29 is 15.7 Å². The Hall–Kier alpha value is -5.04. The number of anilines is 1. The highest BCUT2D eigenvalue weighted by atomic mass is 16.5. The Labute approximate surface area is 252 Å². The minimum atomic E-state index is -0.347. The van der Waals surface area contributed by atoms with Gasteiger partial charge in [-0.3, -0.25) is 4.68 Å². The van der Waals surface area contributed by atoms with Crippen LogP contribution in [0.2, 0.25) is 0 Å². The third-order valence-corrected chi connectivity index (χ3v) is 7.79. The number of carbonyl (C=O) groups excluding carboxylic acids is 1. The molecule has 220 valence electrons. The van der Waals surface area contributed by atoms with E-state index in [9.17, 15) is 4.79 Å². The smallest absolute Gasteiger partial charge is 0.355 e. The van der Waals surface area contributed by atoms with Crippen molar-refractivity contribution in [3.05, 3.63) is 114 Å². The van der Waals surface area contributed by atoms with Crippen molar-refractivity contribution in [1.29, 1.82) is 0 Å². The fourth-order valence-electron chi connectivity index (χ4n) is 5.84. The third kappa shape index (κ3) is 5.71. The Morgan fingerprint density at radius 3 is 2.53 bits per heavy atom. The van der Waals surface area contributed by atoms with Crippen molar-refractivity contribution in [2.45, 2.75) is 33.2 Å². The van der Waals surface area contributed by atoms with Crippen LogP contribution in [0.4, 0.5) is 5.82 Å². The Bertz CT molecular complexity index is 1890. The van der Waals surface area contributed by atoms with Crippen LogP contribution in [0, 0.1) is 6.92 Å². The van der Waals surface area contributed by atoms with E-state index in [0.717, 1.165) is 62.0 Å². The van der Waals surface area contributed by atoms with Crippen LogP contribution in [0.3, 0.4) is 0 Å². The van der Waals surface area contributed by atoms with Gasteiger partial charge in [-0.25, -0.2) is 4.79 Å². The lowest BCUT2D eigenvalue weighted by Crippen LogP contribution is -2.09. The van der Waals surface area contributed by atoms with Crippen molar-refractivity contribution in [2.75, 3.05) is 18.5 Å². The molecule has 0 saturated heterocycles. The number of esters is 1. The van der Waals surface area contributed by atoms with Gasteiger partial charge in [0.05, 0.1) is 24.4 Å². The molecule has 6 aromatic rings. The van der Waals surface area contributed by atoms with Gasteiger partial charge in [0.1, 0.15) is 17.3 Å². The van der Waals surface area contributed by atoms with Crippen LogP contribution in [-0.2, 0) is 24.8 Å². The molecule has 43 heavy (non-hydrogen) atoms. The molecule has 0 saturated carbocycles. The molecular weight excluding hydrogens is 536 g/mol. The van der Waals surface area contributed by atoms with Gasteiger partial charge >= 0.3 is 5.97 Å². The number of hydrogen-bond donors (Lipinski definition) is 2. The predicted molar refractivity (Wildman–Crippen MR) is 175 cm³/mol. The summed E-state index contributed by atoms with van der Waals surface area (Å²) in [5, 5.41) is 11.6. The molecule has 0 radical (unpaired) electrons. The summed E-state index contributed by atoms with van der Waals surface area (Å²) >= 11 is 0. The number of nitrogens with one attached hydrogen (secondary N) is 2. The van der Waals surface area contributed by atoms with Crippen molar-refractivity contribution >= 4 is 33.5 Å². The number of carbonyl (C=O) groups is 1. The minimum absolute atomic E-state index is 0. The molecule has 6 rings (SSSR count). The van der Waals surface area contributed by atoms with E-state index in [2.05, 4.69) is 52.8 Å². The fraction of sp³-hybridized carbons (Fsp3) is 0.222. The number of nitrogens with zero attached hydrogens (tertiary/aromatic N) is 2. The van der Waals surface area contributed by atoms with Gasteiger partial charge in [0.25, 0.3) is 0 Å². The second kappa shape index (κ2) is 12.4. The second-order valence-electron chi connectivity index (χ2n) is 10.6. The average molecular weight is 575 g/mol. The normalized spacial score (nSPS) is 11.2. The van der Waals surface area contributed by atoms with E-state index in [1.54, 1.807) is 0 Å². The Morgan fingerprint density at radius 1 is 0.953 bits per heavy atom. The number of ether oxygens (including phenoxy) is 2.